The van der Waals surface area contributed by atoms with Gasteiger partial charge in [-0.25, -0.2) is 0 Å². The Bertz CT molecular complexity index is 2070. The van der Waals surface area contributed by atoms with E-state index in [0.29, 0.717) is 0 Å². The average molecular weight is 499 g/mol. The number of rotatable bonds is 3. The fourth-order valence-corrected chi connectivity index (χ4v) is 6.45. The Labute approximate surface area is 227 Å². The highest BCUT2D eigenvalue weighted by atomic mass is 14.7. The summed E-state index contributed by atoms with van der Waals surface area (Å²) in [5, 5.41) is 7.80. The third-order valence-electron chi connectivity index (χ3n) is 8.53. The van der Waals surface area contributed by atoms with E-state index in [-0.39, 0.29) is 5.41 Å². The number of nitrogens with zero attached hydrogens (tertiary/aromatic N) is 2. The molecule has 2 nitrogen and oxygen atoms in total. The lowest BCUT2D eigenvalue weighted by molar-refractivity contribution is 0.663. The first kappa shape index (κ1) is 22.2. The molecular formula is C37H26N2. The van der Waals surface area contributed by atoms with Gasteiger partial charge in [0.2, 0.25) is 0 Å². The van der Waals surface area contributed by atoms with Crippen LogP contribution in [-0.4, -0.2) is 9.97 Å². The number of hydrogen-bond donors (Lipinski definition) is 0. The summed E-state index contributed by atoms with van der Waals surface area (Å²) in [7, 11) is 0. The van der Waals surface area contributed by atoms with Crippen molar-refractivity contribution in [3.8, 4) is 33.6 Å². The summed E-state index contributed by atoms with van der Waals surface area (Å²) < 4.78 is 0. The van der Waals surface area contributed by atoms with Gasteiger partial charge < -0.3 is 0 Å². The lowest BCUT2D eigenvalue weighted by Gasteiger charge is -2.21. The summed E-state index contributed by atoms with van der Waals surface area (Å²) in [6.45, 7) is 4.69. The first-order chi connectivity index (χ1) is 19.1. The Kier molecular flexibility index (Phi) is 4.60. The highest BCUT2D eigenvalue weighted by Gasteiger charge is 2.34. The molecule has 0 N–H and O–H groups in total. The Balaban J connectivity index is 1.17. The van der Waals surface area contributed by atoms with E-state index in [4.69, 9.17) is 4.98 Å². The molecule has 0 bridgehead atoms. The number of hydrogen-bond acceptors (Lipinski definition) is 2. The lowest BCUT2D eigenvalue weighted by Crippen LogP contribution is -2.14. The summed E-state index contributed by atoms with van der Waals surface area (Å²) in [6, 6.07) is 39.4. The van der Waals surface area contributed by atoms with Crippen molar-refractivity contribution in [2.75, 3.05) is 0 Å². The first-order valence-electron chi connectivity index (χ1n) is 13.5. The lowest BCUT2D eigenvalue weighted by atomic mass is 9.82. The summed E-state index contributed by atoms with van der Waals surface area (Å²) >= 11 is 0. The van der Waals surface area contributed by atoms with Crippen LogP contribution >= 0.6 is 0 Å². The number of pyridine rings is 2. The molecule has 1 aliphatic rings. The van der Waals surface area contributed by atoms with Crippen LogP contribution < -0.4 is 0 Å². The number of aromatic nitrogens is 2. The Hall–Kier alpha value is -4.82. The van der Waals surface area contributed by atoms with Gasteiger partial charge in [-0.1, -0.05) is 98.8 Å². The van der Waals surface area contributed by atoms with Crippen LogP contribution in [0.2, 0.25) is 0 Å². The van der Waals surface area contributed by atoms with Crippen LogP contribution in [0.1, 0.15) is 25.0 Å². The van der Waals surface area contributed by atoms with Crippen LogP contribution in [0.15, 0.2) is 122 Å². The molecule has 0 spiro atoms. The maximum Gasteiger partial charge on any atom is 0.0723 e. The Morgan fingerprint density at radius 2 is 1.15 bits per heavy atom. The van der Waals surface area contributed by atoms with Crippen LogP contribution in [0, 0.1) is 0 Å². The highest BCUT2D eigenvalue weighted by Crippen LogP contribution is 2.50. The fourth-order valence-electron chi connectivity index (χ4n) is 6.45. The van der Waals surface area contributed by atoms with Gasteiger partial charge in [0.1, 0.15) is 0 Å². The molecule has 2 heterocycles. The minimum Gasteiger partial charge on any atom is -0.256 e. The standard InChI is InChI=1S/C37H26N2/c1-37(2)31-11-5-9-26-19-30(29-10-6-12-32(37)36(29)35(26)31)23-13-15-24(16-14-23)33-18-17-28(22-38-33)34-20-25-7-3-4-8-27(25)21-39-34/h3-22H,1-2H3. The quantitative estimate of drug-likeness (QED) is 0.227. The second-order valence-electron chi connectivity index (χ2n) is 11.1. The largest absolute Gasteiger partial charge is 0.256 e. The van der Waals surface area contributed by atoms with E-state index in [1.807, 2.05) is 18.5 Å². The maximum absolute atomic E-state index is 4.79. The molecule has 7 aromatic rings. The molecule has 0 radical (unpaired) electrons. The van der Waals surface area contributed by atoms with Crippen LogP contribution in [-0.2, 0) is 5.41 Å². The normalized spacial score (nSPS) is 13.6. The van der Waals surface area contributed by atoms with Crippen molar-refractivity contribution in [1.29, 1.82) is 0 Å². The van der Waals surface area contributed by atoms with Crippen molar-refractivity contribution in [2.24, 2.45) is 0 Å². The molecule has 5 aromatic carbocycles. The van der Waals surface area contributed by atoms with E-state index in [1.165, 1.54) is 49.2 Å². The SMILES string of the molecule is CC1(C)c2cccc3cc(-c4ccc(-c5ccc(-c6cc7ccccc7cn6)cn5)cc4)c4cccc1c4c23. The Morgan fingerprint density at radius 3 is 1.95 bits per heavy atom. The van der Waals surface area contributed by atoms with Gasteiger partial charge in [-0.15, -0.1) is 0 Å². The number of fused-ring (bicyclic) bond motifs is 1. The van der Waals surface area contributed by atoms with E-state index in [9.17, 15) is 0 Å². The third kappa shape index (κ3) is 3.28. The smallest absolute Gasteiger partial charge is 0.0723 e. The van der Waals surface area contributed by atoms with E-state index in [2.05, 4.69) is 122 Å². The predicted molar refractivity (Wildman–Crippen MR) is 163 cm³/mol. The van der Waals surface area contributed by atoms with Gasteiger partial charge in [0.05, 0.1) is 11.4 Å². The average Bonchev–Trinajstić information content (AvgIpc) is 3.23. The molecule has 0 fully saturated rings. The molecule has 0 saturated carbocycles. The van der Waals surface area contributed by atoms with Gasteiger partial charge in [0, 0.05) is 34.3 Å². The van der Waals surface area contributed by atoms with Gasteiger partial charge in [0.25, 0.3) is 0 Å². The molecule has 2 heteroatoms. The molecule has 0 amide bonds. The minimum absolute atomic E-state index is 0.0179. The molecule has 39 heavy (non-hydrogen) atoms. The van der Waals surface area contributed by atoms with E-state index in [0.717, 1.165) is 27.9 Å². The van der Waals surface area contributed by atoms with Gasteiger partial charge in [-0.3, -0.25) is 9.97 Å². The second kappa shape index (κ2) is 8.09. The highest BCUT2D eigenvalue weighted by molar-refractivity contribution is 6.19. The van der Waals surface area contributed by atoms with Crippen LogP contribution in [0.25, 0.3) is 66.0 Å². The maximum atomic E-state index is 4.79. The van der Waals surface area contributed by atoms with Gasteiger partial charge in [0.15, 0.2) is 0 Å². The fraction of sp³-hybridized carbons (Fsp3) is 0.0811. The zero-order valence-corrected chi connectivity index (χ0v) is 21.9. The van der Waals surface area contributed by atoms with Crippen molar-refractivity contribution in [2.45, 2.75) is 19.3 Å². The molecule has 1 aliphatic carbocycles. The zero-order valence-electron chi connectivity index (χ0n) is 21.9. The van der Waals surface area contributed by atoms with Gasteiger partial charge >= 0.3 is 0 Å². The van der Waals surface area contributed by atoms with E-state index >= 15 is 0 Å². The summed E-state index contributed by atoms with van der Waals surface area (Å²) in [4.78, 5) is 9.44. The van der Waals surface area contributed by atoms with Gasteiger partial charge in [-0.2, -0.15) is 0 Å². The van der Waals surface area contributed by atoms with E-state index < -0.39 is 0 Å². The third-order valence-corrected chi connectivity index (χ3v) is 8.53. The van der Waals surface area contributed by atoms with Crippen molar-refractivity contribution in [3.05, 3.63) is 133 Å². The molecular weight excluding hydrogens is 472 g/mol. The van der Waals surface area contributed by atoms with Crippen LogP contribution in [0.4, 0.5) is 0 Å². The van der Waals surface area contributed by atoms with Crippen molar-refractivity contribution < 1.29 is 0 Å². The molecule has 0 saturated heterocycles. The first-order valence-corrected chi connectivity index (χ1v) is 13.5. The summed E-state index contributed by atoms with van der Waals surface area (Å²) in [6.07, 6.45) is 3.85. The van der Waals surface area contributed by atoms with Crippen LogP contribution in [0.3, 0.4) is 0 Å². The second-order valence-corrected chi connectivity index (χ2v) is 11.1. The molecule has 184 valence electrons. The minimum atomic E-state index is 0.0179. The van der Waals surface area contributed by atoms with Crippen LogP contribution in [0.5, 0.6) is 0 Å². The molecule has 0 atom stereocenters. The monoisotopic (exact) mass is 498 g/mol. The topological polar surface area (TPSA) is 25.8 Å². The molecule has 8 rings (SSSR count). The molecule has 2 aromatic heterocycles. The van der Waals surface area contributed by atoms with Gasteiger partial charge in [-0.05, 0) is 73.5 Å². The number of benzene rings is 5. The van der Waals surface area contributed by atoms with Crippen molar-refractivity contribution in [1.82, 2.24) is 9.97 Å². The van der Waals surface area contributed by atoms with Crippen molar-refractivity contribution in [3.63, 3.8) is 0 Å². The van der Waals surface area contributed by atoms with E-state index in [1.54, 1.807) is 0 Å². The Morgan fingerprint density at radius 1 is 0.487 bits per heavy atom. The predicted octanol–water partition coefficient (Wildman–Crippen LogP) is 9.58. The molecule has 0 aliphatic heterocycles. The zero-order chi connectivity index (χ0) is 26.1. The summed E-state index contributed by atoms with van der Waals surface area (Å²) in [5.74, 6) is 0. The summed E-state index contributed by atoms with van der Waals surface area (Å²) in [5.41, 5.74) is 9.41. The molecule has 0 unspecified atom stereocenters. The van der Waals surface area contributed by atoms with Crippen molar-refractivity contribution >= 4 is 32.3 Å².